The molecular formula is C27H26N4O2S. The van der Waals surface area contributed by atoms with Crippen LogP contribution in [0, 0.1) is 13.8 Å². The second kappa shape index (κ2) is 8.91. The van der Waals surface area contributed by atoms with Gasteiger partial charge in [-0.1, -0.05) is 48.5 Å². The third kappa shape index (κ3) is 4.03. The molecule has 0 fully saturated rings. The van der Waals surface area contributed by atoms with Gasteiger partial charge in [0.2, 0.25) is 5.82 Å². The Hall–Kier alpha value is -3.71. The Bertz CT molecular complexity index is 1350. The van der Waals surface area contributed by atoms with Gasteiger partial charge in [0.05, 0.1) is 22.2 Å². The zero-order chi connectivity index (χ0) is 23.8. The van der Waals surface area contributed by atoms with E-state index in [9.17, 15) is 4.79 Å². The summed E-state index contributed by atoms with van der Waals surface area (Å²) in [5.74, 6) is 0.945. The summed E-state index contributed by atoms with van der Waals surface area (Å²) < 4.78 is 5.77. The van der Waals surface area contributed by atoms with Crippen LogP contribution in [0.25, 0.3) is 16.3 Å². The fraction of sp³-hybridized carbons (Fsp3) is 0.222. The fourth-order valence-corrected chi connectivity index (χ4v) is 5.09. The largest absolute Gasteiger partial charge is 0.334 e. The molecule has 0 bridgehead atoms. The summed E-state index contributed by atoms with van der Waals surface area (Å²) in [6.07, 6.45) is 0.952. The molecule has 172 valence electrons. The summed E-state index contributed by atoms with van der Waals surface area (Å²) in [7, 11) is 0. The molecule has 34 heavy (non-hydrogen) atoms. The van der Waals surface area contributed by atoms with E-state index in [1.54, 1.807) is 16.2 Å². The molecule has 4 aromatic rings. The van der Waals surface area contributed by atoms with Gasteiger partial charge in [0, 0.05) is 5.70 Å². The Morgan fingerprint density at radius 1 is 1.06 bits per heavy atom. The van der Waals surface area contributed by atoms with E-state index in [0.717, 1.165) is 44.9 Å². The number of nitrogens with one attached hydrogen (secondary N) is 1. The number of nitrogens with zero attached hydrogens (tertiary/aromatic N) is 3. The number of rotatable bonds is 5. The fourth-order valence-electron chi connectivity index (χ4n) is 4.45. The van der Waals surface area contributed by atoms with E-state index < -0.39 is 6.04 Å². The van der Waals surface area contributed by atoms with Crippen molar-refractivity contribution in [2.75, 3.05) is 4.90 Å². The maximum Gasteiger partial charge on any atom is 0.326 e. The van der Waals surface area contributed by atoms with Crippen molar-refractivity contribution in [3.63, 3.8) is 0 Å². The van der Waals surface area contributed by atoms with Crippen molar-refractivity contribution >= 4 is 28.6 Å². The molecule has 0 saturated heterocycles. The van der Waals surface area contributed by atoms with Crippen LogP contribution in [0.15, 0.2) is 70.2 Å². The van der Waals surface area contributed by atoms with Crippen molar-refractivity contribution in [1.82, 2.24) is 15.5 Å². The van der Waals surface area contributed by atoms with Gasteiger partial charge < -0.3 is 9.84 Å². The predicted molar refractivity (Wildman–Crippen MR) is 136 cm³/mol. The summed E-state index contributed by atoms with van der Waals surface area (Å²) >= 11 is 1.56. The smallest absolute Gasteiger partial charge is 0.326 e. The lowest BCUT2D eigenvalue weighted by atomic mass is 9.93. The van der Waals surface area contributed by atoms with Crippen LogP contribution in [-0.2, 0) is 6.42 Å². The molecule has 7 heteroatoms. The summed E-state index contributed by atoms with van der Waals surface area (Å²) in [6.45, 7) is 8.12. The highest BCUT2D eigenvalue weighted by Crippen LogP contribution is 2.39. The lowest BCUT2D eigenvalue weighted by Crippen LogP contribution is -2.46. The number of carbonyl (C=O) groups excluding carboxylic acids is 1. The summed E-state index contributed by atoms with van der Waals surface area (Å²) in [5.41, 5.74) is 6.75. The highest BCUT2D eigenvalue weighted by molar-refractivity contribution is 7.13. The van der Waals surface area contributed by atoms with E-state index in [-0.39, 0.29) is 6.03 Å². The van der Waals surface area contributed by atoms with Crippen LogP contribution in [0.1, 0.15) is 48.0 Å². The number of carbonyl (C=O) groups is 1. The van der Waals surface area contributed by atoms with E-state index in [1.807, 2.05) is 50.4 Å². The second-order valence-corrected chi connectivity index (χ2v) is 9.51. The van der Waals surface area contributed by atoms with Gasteiger partial charge in [-0.2, -0.15) is 4.98 Å². The summed E-state index contributed by atoms with van der Waals surface area (Å²) in [4.78, 5) is 20.8. The lowest BCUT2D eigenvalue weighted by Gasteiger charge is -2.35. The number of urea groups is 1. The Kier molecular flexibility index (Phi) is 5.79. The van der Waals surface area contributed by atoms with Crippen LogP contribution in [0.4, 0.5) is 10.5 Å². The van der Waals surface area contributed by atoms with Crippen molar-refractivity contribution < 1.29 is 9.32 Å². The average molecular weight is 471 g/mol. The minimum Gasteiger partial charge on any atom is -0.334 e. The Balaban J connectivity index is 1.66. The molecule has 5 rings (SSSR count). The molecule has 1 atom stereocenters. The van der Waals surface area contributed by atoms with E-state index in [0.29, 0.717) is 11.7 Å². The number of anilines is 1. The van der Waals surface area contributed by atoms with Gasteiger partial charge in [0.15, 0.2) is 0 Å². The van der Waals surface area contributed by atoms with E-state index in [4.69, 9.17) is 9.51 Å². The van der Waals surface area contributed by atoms with Crippen LogP contribution >= 0.6 is 11.3 Å². The first-order chi connectivity index (χ1) is 16.4. The number of amides is 2. The first-order valence-corrected chi connectivity index (χ1v) is 12.2. The molecule has 6 nitrogen and oxygen atoms in total. The van der Waals surface area contributed by atoms with Crippen LogP contribution in [-0.4, -0.2) is 16.2 Å². The van der Waals surface area contributed by atoms with Gasteiger partial charge in [-0.3, -0.25) is 4.90 Å². The third-order valence-electron chi connectivity index (χ3n) is 6.07. The Labute approximate surface area is 202 Å². The average Bonchev–Trinajstić information content (AvgIpc) is 3.50. The van der Waals surface area contributed by atoms with E-state index >= 15 is 0 Å². The van der Waals surface area contributed by atoms with Gasteiger partial charge in [-0.15, -0.1) is 11.3 Å². The van der Waals surface area contributed by atoms with Gasteiger partial charge >= 0.3 is 6.03 Å². The maximum absolute atomic E-state index is 13.4. The monoisotopic (exact) mass is 470 g/mol. The van der Waals surface area contributed by atoms with Gasteiger partial charge in [-0.05, 0) is 73.0 Å². The number of hydrogen-bond acceptors (Lipinski definition) is 5. The molecule has 0 saturated carbocycles. The number of hydrogen-bond donors (Lipinski definition) is 1. The highest BCUT2D eigenvalue weighted by Gasteiger charge is 2.36. The topological polar surface area (TPSA) is 71.3 Å². The molecule has 2 aromatic heterocycles. The minimum atomic E-state index is -0.405. The first-order valence-electron chi connectivity index (χ1n) is 11.3. The van der Waals surface area contributed by atoms with Crippen molar-refractivity contribution in [2.24, 2.45) is 0 Å². The van der Waals surface area contributed by atoms with Gasteiger partial charge in [-0.25, -0.2) is 4.79 Å². The van der Waals surface area contributed by atoms with Crippen LogP contribution < -0.4 is 10.2 Å². The van der Waals surface area contributed by atoms with Crippen molar-refractivity contribution in [3.8, 4) is 10.7 Å². The number of aryl methyl sites for hydroxylation is 3. The molecule has 1 N–H and O–H groups in total. The van der Waals surface area contributed by atoms with Crippen molar-refractivity contribution in [2.45, 2.75) is 40.2 Å². The standard InChI is InChI=1S/C27H26N4O2S/c1-5-19-8-10-20(11-9-19)24-23(26-29-25(30-33-26)22-7-6-12-34-22)18(4)31(27(32)28-24)21-14-16(2)13-17(3)15-21/h6-15,24H,5H2,1-4H3,(H,28,32). The first kappa shape index (κ1) is 22.1. The molecule has 2 amide bonds. The Morgan fingerprint density at radius 3 is 2.44 bits per heavy atom. The quantitative estimate of drug-likeness (QED) is 0.353. The SMILES string of the molecule is CCc1ccc(C2NC(=O)N(c3cc(C)cc(C)c3)C(C)=C2c2nc(-c3cccs3)no2)cc1. The van der Waals surface area contributed by atoms with Crippen molar-refractivity contribution in [1.29, 1.82) is 0 Å². The molecule has 1 aliphatic rings. The van der Waals surface area contributed by atoms with Gasteiger partial charge in [0.1, 0.15) is 0 Å². The van der Waals surface area contributed by atoms with E-state index in [1.165, 1.54) is 5.56 Å². The summed E-state index contributed by atoms with van der Waals surface area (Å²) in [6, 6.07) is 17.7. The molecule has 3 heterocycles. The Morgan fingerprint density at radius 2 is 1.79 bits per heavy atom. The molecule has 2 aromatic carbocycles. The van der Waals surface area contributed by atoms with Gasteiger partial charge in [0.25, 0.3) is 5.89 Å². The molecule has 1 aliphatic heterocycles. The normalized spacial score (nSPS) is 16.2. The predicted octanol–water partition coefficient (Wildman–Crippen LogP) is 6.68. The highest BCUT2D eigenvalue weighted by atomic mass is 32.1. The lowest BCUT2D eigenvalue weighted by molar-refractivity contribution is 0.244. The zero-order valence-corrected chi connectivity index (χ0v) is 20.4. The van der Waals surface area contributed by atoms with Crippen LogP contribution in [0.5, 0.6) is 0 Å². The minimum absolute atomic E-state index is 0.186. The second-order valence-electron chi connectivity index (χ2n) is 8.56. The molecule has 1 unspecified atom stereocenters. The molecule has 0 radical (unpaired) electrons. The summed E-state index contributed by atoms with van der Waals surface area (Å²) in [5, 5.41) is 9.40. The van der Waals surface area contributed by atoms with Crippen molar-refractivity contribution in [3.05, 3.63) is 93.8 Å². The zero-order valence-electron chi connectivity index (χ0n) is 19.6. The van der Waals surface area contributed by atoms with Crippen LogP contribution in [0.2, 0.25) is 0 Å². The third-order valence-corrected chi connectivity index (χ3v) is 6.93. The van der Waals surface area contributed by atoms with E-state index in [2.05, 4.69) is 47.7 Å². The molecule has 0 aliphatic carbocycles. The number of thiophene rings is 1. The maximum atomic E-state index is 13.4. The number of aromatic nitrogens is 2. The number of benzene rings is 2. The molecule has 0 spiro atoms. The number of allylic oxidation sites excluding steroid dienone is 1. The molecular weight excluding hydrogens is 444 g/mol. The van der Waals surface area contributed by atoms with Crippen LogP contribution in [0.3, 0.4) is 0 Å².